The first-order valence-corrected chi connectivity index (χ1v) is 10.6. The van der Waals surface area contributed by atoms with E-state index in [0.29, 0.717) is 49.3 Å². The summed E-state index contributed by atoms with van der Waals surface area (Å²) in [5, 5.41) is 8.36. The zero-order chi connectivity index (χ0) is 22.8. The van der Waals surface area contributed by atoms with E-state index in [1.54, 1.807) is 53.5 Å². The van der Waals surface area contributed by atoms with E-state index in [0.717, 1.165) is 22.3 Å². The van der Waals surface area contributed by atoms with E-state index in [2.05, 4.69) is 25.4 Å². The van der Waals surface area contributed by atoms with Crippen molar-refractivity contribution in [3.8, 4) is 17.0 Å². The molecule has 4 aromatic rings. The molecule has 3 aromatic heterocycles. The molecule has 1 aliphatic heterocycles. The van der Waals surface area contributed by atoms with Gasteiger partial charge < -0.3 is 19.7 Å². The van der Waals surface area contributed by atoms with Gasteiger partial charge in [-0.2, -0.15) is 5.10 Å². The second kappa shape index (κ2) is 8.83. The normalized spacial score (nSPS) is 13.8. The highest BCUT2D eigenvalue weighted by Crippen LogP contribution is 2.29. The summed E-state index contributed by atoms with van der Waals surface area (Å²) in [7, 11) is 3.42. The molecule has 0 atom stereocenters. The van der Waals surface area contributed by atoms with E-state index in [9.17, 15) is 4.79 Å². The van der Waals surface area contributed by atoms with Gasteiger partial charge in [-0.15, -0.1) is 0 Å². The molecule has 1 amide bonds. The lowest BCUT2D eigenvalue weighted by atomic mass is 10.1. The number of carbonyl (C=O) groups is 1. The van der Waals surface area contributed by atoms with Gasteiger partial charge in [-0.25, -0.2) is 15.0 Å². The van der Waals surface area contributed by atoms with Gasteiger partial charge in [0.2, 0.25) is 5.95 Å². The molecule has 10 nitrogen and oxygen atoms in total. The van der Waals surface area contributed by atoms with Gasteiger partial charge in [0.25, 0.3) is 5.91 Å². The standard InChI is InChI=1S/C23H23N7O3/c1-29-21-17(14-26-29)11-16(13-25-21)18-5-6-24-23(27-18)28-19-4-3-15(12-20(19)32-2)22(31)30-7-9-33-10-8-30/h3-6,11-14H,7-10H2,1-2H3,(H,24,27,28). The third kappa shape index (κ3) is 4.20. The number of aromatic nitrogens is 5. The Morgan fingerprint density at radius 3 is 2.79 bits per heavy atom. The van der Waals surface area contributed by atoms with Gasteiger partial charge in [0.15, 0.2) is 5.65 Å². The minimum absolute atomic E-state index is 0.0420. The molecule has 1 saturated heterocycles. The van der Waals surface area contributed by atoms with Crippen molar-refractivity contribution in [1.29, 1.82) is 0 Å². The maximum absolute atomic E-state index is 12.8. The average Bonchev–Trinajstić information content (AvgIpc) is 3.24. The largest absolute Gasteiger partial charge is 0.495 e. The molecule has 1 aliphatic rings. The number of hydrogen-bond acceptors (Lipinski definition) is 8. The Labute approximate surface area is 190 Å². The monoisotopic (exact) mass is 445 g/mol. The number of benzene rings is 1. The lowest BCUT2D eigenvalue weighted by Gasteiger charge is -2.27. The number of amides is 1. The first-order chi connectivity index (χ1) is 16.1. The van der Waals surface area contributed by atoms with Gasteiger partial charge in [-0.3, -0.25) is 9.48 Å². The second-order valence-corrected chi connectivity index (χ2v) is 7.62. The maximum atomic E-state index is 12.8. The summed E-state index contributed by atoms with van der Waals surface area (Å²) < 4.78 is 12.6. The lowest BCUT2D eigenvalue weighted by molar-refractivity contribution is 0.0302. The van der Waals surface area contributed by atoms with Crippen LogP contribution in [0.2, 0.25) is 0 Å². The number of carbonyl (C=O) groups excluding carboxylic acids is 1. The molecular formula is C23H23N7O3. The highest BCUT2D eigenvalue weighted by Gasteiger charge is 2.20. The van der Waals surface area contributed by atoms with Crippen molar-refractivity contribution in [2.24, 2.45) is 7.05 Å². The Bertz CT molecular complexity index is 1310. The topological polar surface area (TPSA) is 107 Å². The number of anilines is 2. The molecular weight excluding hydrogens is 422 g/mol. The quantitative estimate of drug-likeness (QED) is 0.500. The van der Waals surface area contributed by atoms with Crippen molar-refractivity contribution < 1.29 is 14.3 Å². The van der Waals surface area contributed by atoms with Crippen LogP contribution in [0.25, 0.3) is 22.3 Å². The molecule has 1 N–H and O–H groups in total. The molecule has 0 bridgehead atoms. The smallest absolute Gasteiger partial charge is 0.254 e. The van der Waals surface area contributed by atoms with Gasteiger partial charge in [0, 0.05) is 49.0 Å². The average molecular weight is 445 g/mol. The van der Waals surface area contributed by atoms with Gasteiger partial charge in [-0.05, 0) is 30.3 Å². The summed E-state index contributed by atoms with van der Waals surface area (Å²) in [6, 6.07) is 9.11. The van der Waals surface area contributed by atoms with Crippen molar-refractivity contribution in [3.05, 3.63) is 54.5 Å². The first kappa shape index (κ1) is 20.8. The number of methoxy groups -OCH3 is 1. The number of ether oxygens (including phenoxy) is 2. The Hall–Kier alpha value is -4.05. The fourth-order valence-electron chi connectivity index (χ4n) is 3.76. The zero-order valence-corrected chi connectivity index (χ0v) is 18.4. The summed E-state index contributed by atoms with van der Waals surface area (Å²) in [6.45, 7) is 2.28. The lowest BCUT2D eigenvalue weighted by Crippen LogP contribution is -2.40. The molecule has 1 fully saturated rings. The fourth-order valence-corrected chi connectivity index (χ4v) is 3.76. The number of hydrogen-bond donors (Lipinski definition) is 1. The number of pyridine rings is 1. The summed E-state index contributed by atoms with van der Waals surface area (Å²) in [6.07, 6.45) is 5.22. The van der Waals surface area contributed by atoms with Crippen LogP contribution in [0.1, 0.15) is 10.4 Å². The van der Waals surface area contributed by atoms with Crippen LogP contribution >= 0.6 is 0 Å². The minimum Gasteiger partial charge on any atom is -0.495 e. The predicted octanol–water partition coefficient (Wildman–Crippen LogP) is 2.65. The van der Waals surface area contributed by atoms with Crippen molar-refractivity contribution in [2.45, 2.75) is 0 Å². The van der Waals surface area contributed by atoms with Crippen LogP contribution in [-0.2, 0) is 11.8 Å². The van der Waals surface area contributed by atoms with Crippen molar-refractivity contribution in [3.63, 3.8) is 0 Å². The number of fused-ring (bicyclic) bond motifs is 1. The molecule has 0 aliphatic carbocycles. The van der Waals surface area contributed by atoms with E-state index in [-0.39, 0.29) is 5.91 Å². The predicted molar refractivity (Wildman–Crippen MR) is 123 cm³/mol. The van der Waals surface area contributed by atoms with E-state index in [1.807, 2.05) is 19.2 Å². The molecule has 0 unspecified atom stereocenters. The highest BCUT2D eigenvalue weighted by atomic mass is 16.5. The van der Waals surface area contributed by atoms with Crippen LogP contribution in [0.5, 0.6) is 5.75 Å². The Morgan fingerprint density at radius 1 is 1.12 bits per heavy atom. The van der Waals surface area contributed by atoms with E-state index in [1.165, 1.54) is 0 Å². The van der Waals surface area contributed by atoms with Crippen LogP contribution in [0.3, 0.4) is 0 Å². The fraction of sp³-hybridized carbons (Fsp3) is 0.261. The summed E-state index contributed by atoms with van der Waals surface area (Å²) >= 11 is 0. The Kier molecular flexibility index (Phi) is 5.57. The van der Waals surface area contributed by atoms with Crippen LogP contribution in [-0.4, -0.2) is 69.0 Å². The molecule has 5 rings (SSSR count). The van der Waals surface area contributed by atoms with Crippen LogP contribution in [0, 0.1) is 0 Å². The number of rotatable bonds is 5. The van der Waals surface area contributed by atoms with Gasteiger partial charge in [0.1, 0.15) is 5.75 Å². The van der Waals surface area contributed by atoms with Crippen LogP contribution < -0.4 is 10.1 Å². The maximum Gasteiger partial charge on any atom is 0.254 e. The second-order valence-electron chi connectivity index (χ2n) is 7.62. The van der Waals surface area contributed by atoms with Crippen LogP contribution in [0.4, 0.5) is 11.6 Å². The highest BCUT2D eigenvalue weighted by molar-refractivity contribution is 5.95. The molecule has 10 heteroatoms. The third-order valence-corrected chi connectivity index (χ3v) is 5.52. The summed E-state index contributed by atoms with van der Waals surface area (Å²) in [5.41, 5.74) is 3.62. The Balaban J connectivity index is 1.39. The first-order valence-electron chi connectivity index (χ1n) is 10.6. The van der Waals surface area contributed by atoms with Crippen molar-refractivity contribution in [1.82, 2.24) is 29.6 Å². The van der Waals surface area contributed by atoms with Crippen molar-refractivity contribution >= 4 is 28.6 Å². The molecule has 4 heterocycles. The molecule has 0 radical (unpaired) electrons. The molecule has 33 heavy (non-hydrogen) atoms. The van der Waals surface area contributed by atoms with E-state index >= 15 is 0 Å². The van der Waals surface area contributed by atoms with Crippen LogP contribution in [0.15, 0.2) is 48.9 Å². The minimum atomic E-state index is -0.0420. The number of aryl methyl sites for hydroxylation is 1. The number of nitrogens with one attached hydrogen (secondary N) is 1. The summed E-state index contributed by atoms with van der Waals surface area (Å²) in [4.78, 5) is 28.0. The van der Waals surface area contributed by atoms with E-state index < -0.39 is 0 Å². The number of morpholine rings is 1. The van der Waals surface area contributed by atoms with Gasteiger partial charge in [-0.1, -0.05) is 0 Å². The third-order valence-electron chi connectivity index (χ3n) is 5.52. The zero-order valence-electron chi connectivity index (χ0n) is 18.4. The van der Waals surface area contributed by atoms with Crippen molar-refractivity contribution in [2.75, 3.05) is 38.7 Å². The molecule has 0 saturated carbocycles. The molecule has 0 spiro atoms. The molecule has 1 aromatic carbocycles. The Morgan fingerprint density at radius 2 is 1.97 bits per heavy atom. The van der Waals surface area contributed by atoms with Gasteiger partial charge >= 0.3 is 0 Å². The number of nitrogens with zero attached hydrogens (tertiary/aromatic N) is 6. The van der Waals surface area contributed by atoms with E-state index in [4.69, 9.17) is 9.47 Å². The molecule has 168 valence electrons. The SMILES string of the molecule is COc1cc(C(=O)N2CCOCC2)ccc1Nc1nccc(-c2cnc3c(cnn3C)c2)n1. The van der Waals surface area contributed by atoms with Gasteiger partial charge in [0.05, 0.1) is 37.9 Å². The summed E-state index contributed by atoms with van der Waals surface area (Å²) in [5.74, 6) is 0.894.